The van der Waals surface area contributed by atoms with Gasteiger partial charge in [-0.2, -0.15) is 8.42 Å². The van der Waals surface area contributed by atoms with Crippen LogP contribution in [0.15, 0.2) is 42.5 Å². The Labute approximate surface area is 224 Å². The first kappa shape index (κ1) is 31.1. The Kier molecular flexibility index (Phi) is 15.3. The van der Waals surface area contributed by atoms with E-state index in [4.69, 9.17) is 9.29 Å². The minimum atomic E-state index is -4.08. The number of hydrogen-bond acceptors (Lipinski definition) is 4. The summed E-state index contributed by atoms with van der Waals surface area (Å²) in [6, 6.07) is 14.1. The molecule has 0 aliphatic heterocycles. The van der Waals surface area contributed by atoms with E-state index in [0.717, 1.165) is 35.8 Å². The highest BCUT2D eigenvalue weighted by molar-refractivity contribution is 7.85. The fourth-order valence-corrected chi connectivity index (χ4v) is 5.01. The maximum absolute atomic E-state index is 12.2. The molecule has 2 rings (SSSR count). The molecule has 0 saturated carbocycles. The molecule has 1 atom stereocenters. The summed E-state index contributed by atoms with van der Waals surface area (Å²) in [5, 5.41) is 4.74. The summed E-state index contributed by atoms with van der Waals surface area (Å²) < 4.78 is 37.0. The van der Waals surface area contributed by atoms with Crippen LogP contribution >= 0.6 is 0 Å². The highest BCUT2D eigenvalue weighted by Crippen LogP contribution is 2.28. The maximum Gasteiger partial charge on any atom is 0.266 e. The van der Waals surface area contributed by atoms with Crippen molar-refractivity contribution < 1.29 is 22.5 Å². The first-order chi connectivity index (χ1) is 17.9. The lowest BCUT2D eigenvalue weighted by atomic mass is 10.0. The van der Waals surface area contributed by atoms with E-state index >= 15 is 0 Å². The zero-order valence-corrected chi connectivity index (χ0v) is 23.4. The van der Waals surface area contributed by atoms with Crippen molar-refractivity contribution in [1.82, 2.24) is 5.32 Å². The highest BCUT2D eigenvalue weighted by Gasteiger charge is 2.15. The lowest BCUT2D eigenvalue weighted by Crippen LogP contribution is -2.30. The average molecular weight is 534 g/mol. The highest BCUT2D eigenvalue weighted by atomic mass is 32.2. The van der Waals surface area contributed by atoms with Gasteiger partial charge in [-0.15, -0.1) is 0 Å². The Morgan fingerprint density at radius 1 is 0.838 bits per heavy atom. The first-order valence-corrected chi connectivity index (χ1v) is 15.9. The van der Waals surface area contributed by atoms with Crippen LogP contribution in [0.3, 0.4) is 0 Å². The number of fused-ring (bicyclic) bond motifs is 1. The van der Waals surface area contributed by atoms with Gasteiger partial charge >= 0.3 is 0 Å². The van der Waals surface area contributed by atoms with Gasteiger partial charge in [-0.3, -0.25) is 9.35 Å². The molecule has 0 fully saturated rings. The van der Waals surface area contributed by atoms with E-state index in [1.165, 1.54) is 64.2 Å². The van der Waals surface area contributed by atoms with Gasteiger partial charge in [0.15, 0.2) is 0 Å². The molecule has 0 radical (unpaired) electrons. The molecule has 2 N–H and O–H groups in total. The van der Waals surface area contributed by atoms with Crippen molar-refractivity contribution in [2.45, 2.75) is 109 Å². The van der Waals surface area contributed by atoms with Crippen LogP contribution in [0.2, 0.25) is 0 Å². The molecular weight excluding hydrogens is 486 g/mol. The van der Waals surface area contributed by atoms with Crippen molar-refractivity contribution in [3.63, 3.8) is 0 Å². The molecule has 1 unspecified atom stereocenters. The normalized spacial score (nSPS) is 12.5. The van der Waals surface area contributed by atoms with E-state index in [9.17, 15) is 13.2 Å². The number of ether oxygens (including phenoxy) is 1. The number of nitrogens with one attached hydrogen (secondary N) is 1. The second-order valence-corrected chi connectivity index (χ2v) is 11.6. The van der Waals surface area contributed by atoms with Crippen molar-refractivity contribution >= 4 is 26.8 Å². The number of rotatable bonds is 21. The van der Waals surface area contributed by atoms with Crippen LogP contribution in [-0.4, -0.2) is 37.3 Å². The van der Waals surface area contributed by atoms with E-state index in [0.29, 0.717) is 6.42 Å². The van der Waals surface area contributed by atoms with Crippen molar-refractivity contribution in [1.29, 1.82) is 0 Å². The predicted molar refractivity (Wildman–Crippen MR) is 153 cm³/mol. The van der Waals surface area contributed by atoms with Crippen LogP contribution in [0.1, 0.15) is 103 Å². The van der Waals surface area contributed by atoms with Gasteiger partial charge < -0.3 is 10.1 Å². The standard InChI is InChI=1S/C30H47NO5S/c1-2-3-4-5-6-7-8-9-10-11-12-13-19-27(22-23-30(32)31-24-25-37(33,34)35)36-29-21-16-18-26-17-14-15-20-28(26)29/h14-18,20-21,27H,2-13,19,22-25H2,1H3,(H,31,32)(H,33,34,35). The van der Waals surface area contributed by atoms with E-state index < -0.39 is 15.9 Å². The summed E-state index contributed by atoms with van der Waals surface area (Å²) in [7, 11) is -4.08. The summed E-state index contributed by atoms with van der Waals surface area (Å²) in [4.78, 5) is 12.2. The van der Waals surface area contributed by atoms with Crippen LogP contribution in [-0.2, 0) is 14.9 Å². The van der Waals surface area contributed by atoms with Crippen molar-refractivity contribution in [3.8, 4) is 5.75 Å². The maximum atomic E-state index is 12.2. The molecule has 0 bridgehead atoms. The number of hydrogen-bond donors (Lipinski definition) is 2. The quantitative estimate of drug-likeness (QED) is 0.128. The Hall–Kier alpha value is -2.12. The second kappa shape index (κ2) is 18.2. The molecule has 0 aromatic heterocycles. The van der Waals surface area contributed by atoms with Crippen LogP contribution in [0.25, 0.3) is 10.8 Å². The topological polar surface area (TPSA) is 92.7 Å². The summed E-state index contributed by atoms with van der Waals surface area (Å²) >= 11 is 0. The fraction of sp³-hybridized carbons (Fsp3) is 0.633. The molecule has 0 spiro atoms. The molecule has 0 heterocycles. The van der Waals surface area contributed by atoms with E-state index in [1.54, 1.807) is 0 Å². The monoisotopic (exact) mass is 533 g/mol. The number of amides is 1. The first-order valence-electron chi connectivity index (χ1n) is 14.3. The molecule has 7 heteroatoms. The molecule has 1 amide bonds. The fourth-order valence-electron chi connectivity index (χ4n) is 4.65. The van der Waals surface area contributed by atoms with Crippen LogP contribution < -0.4 is 10.1 Å². The van der Waals surface area contributed by atoms with E-state index in [1.807, 2.05) is 30.3 Å². The molecule has 6 nitrogen and oxygen atoms in total. The summed E-state index contributed by atoms with van der Waals surface area (Å²) in [6.45, 7) is 2.16. The molecule has 2 aromatic rings. The lowest BCUT2D eigenvalue weighted by Gasteiger charge is -2.20. The summed E-state index contributed by atoms with van der Waals surface area (Å²) in [6.07, 6.45) is 17.1. The number of carbonyl (C=O) groups is 1. The summed E-state index contributed by atoms with van der Waals surface area (Å²) in [5.74, 6) is 0.117. The third-order valence-electron chi connectivity index (χ3n) is 6.80. The van der Waals surface area contributed by atoms with Gasteiger partial charge in [-0.05, 0) is 30.7 Å². The van der Waals surface area contributed by atoms with Crippen LogP contribution in [0.4, 0.5) is 0 Å². The Morgan fingerprint density at radius 2 is 1.43 bits per heavy atom. The van der Waals surface area contributed by atoms with Gasteiger partial charge in [0.05, 0.1) is 11.9 Å². The van der Waals surface area contributed by atoms with Gasteiger partial charge in [0.2, 0.25) is 5.91 Å². The number of benzene rings is 2. The van der Waals surface area contributed by atoms with Crippen molar-refractivity contribution in [3.05, 3.63) is 42.5 Å². The third kappa shape index (κ3) is 14.4. The largest absolute Gasteiger partial charge is 0.490 e. The van der Waals surface area contributed by atoms with E-state index in [2.05, 4.69) is 24.4 Å². The Morgan fingerprint density at radius 3 is 2.08 bits per heavy atom. The number of carbonyl (C=O) groups excluding carboxylic acids is 1. The smallest absolute Gasteiger partial charge is 0.266 e. The van der Waals surface area contributed by atoms with Crippen LogP contribution in [0.5, 0.6) is 5.75 Å². The van der Waals surface area contributed by atoms with E-state index in [-0.39, 0.29) is 25.0 Å². The second-order valence-electron chi connectivity index (χ2n) is 10.1. The predicted octanol–water partition coefficient (Wildman–Crippen LogP) is 7.46. The van der Waals surface area contributed by atoms with Gasteiger partial charge in [0, 0.05) is 18.4 Å². The van der Waals surface area contributed by atoms with Crippen molar-refractivity contribution in [2.24, 2.45) is 0 Å². The zero-order valence-electron chi connectivity index (χ0n) is 22.6. The SMILES string of the molecule is CCCCCCCCCCCCCCC(CCC(=O)NCCS(=O)(=O)O)Oc1cccc2ccccc12. The molecule has 2 aromatic carbocycles. The van der Waals surface area contributed by atoms with Gasteiger partial charge in [-0.25, -0.2) is 0 Å². The molecule has 208 valence electrons. The molecule has 37 heavy (non-hydrogen) atoms. The zero-order chi connectivity index (χ0) is 26.8. The molecule has 0 saturated heterocycles. The summed E-state index contributed by atoms with van der Waals surface area (Å²) in [5.41, 5.74) is 0. The molecular formula is C30H47NO5S. The molecule has 0 aliphatic carbocycles. The van der Waals surface area contributed by atoms with Gasteiger partial charge in [-0.1, -0.05) is 114 Å². The lowest BCUT2D eigenvalue weighted by molar-refractivity contribution is -0.121. The number of unbranched alkanes of at least 4 members (excludes halogenated alkanes) is 11. The third-order valence-corrected chi connectivity index (χ3v) is 7.52. The van der Waals surface area contributed by atoms with Crippen molar-refractivity contribution in [2.75, 3.05) is 12.3 Å². The minimum absolute atomic E-state index is 0.0920. The van der Waals surface area contributed by atoms with Gasteiger partial charge in [0.1, 0.15) is 5.75 Å². The Bertz CT molecular complexity index is 1000. The minimum Gasteiger partial charge on any atom is -0.490 e. The van der Waals surface area contributed by atoms with Gasteiger partial charge in [0.25, 0.3) is 10.1 Å². The van der Waals surface area contributed by atoms with Crippen LogP contribution in [0, 0.1) is 0 Å². The molecule has 0 aliphatic rings. The average Bonchev–Trinajstić information content (AvgIpc) is 2.87. The Balaban J connectivity index is 1.76.